The standard InChI is InChI=1S/C52H54O12/c1-3-5-7-9-11-21-43(53)35-27-29-45(61-49(57)33-23-24-33)41(31-35)47(55)37-17-13-15-19-39(37)51(59)63-64-52(60)40-20-16-14-18-38(40)48(56)42-32-36(44(54)22-12-10-8-6-4-2)28-30-46(42)62-50(58)34-25-26-34/h13-20,27-34H,3-12,21-26H2,1-2H3. The van der Waals surface area contributed by atoms with Crippen molar-refractivity contribution >= 4 is 47.0 Å². The molecule has 0 spiro atoms. The Bertz CT molecular complexity index is 2240. The molecule has 0 heterocycles. The molecule has 12 heteroatoms. The van der Waals surface area contributed by atoms with E-state index in [2.05, 4.69) is 13.8 Å². The number of carbonyl (C=O) groups is 8. The molecule has 0 radical (unpaired) electrons. The Hall–Kier alpha value is -6.56. The molecule has 12 nitrogen and oxygen atoms in total. The number of hydrogen-bond acceptors (Lipinski definition) is 12. The van der Waals surface area contributed by atoms with Gasteiger partial charge in [0.15, 0.2) is 23.1 Å². The van der Waals surface area contributed by atoms with Crippen LogP contribution in [0, 0.1) is 11.8 Å². The molecular weight excluding hydrogens is 817 g/mol. The quantitative estimate of drug-likeness (QED) is 0.0163. The van der Waals surface area contributed by atoms with E-state index in [1.807, 2.05) is 0 Å². The number of hydrogen-bond donors (Lipinski definition) is 0. The lowest BCUT2D eigenvalue weighted by molar-refractivity contribution is -0.187. The summed E-state index contributed by atoms with van der Waals surface area (Å²) >= 11 is 0. The minimum absolute atomic E-state index is 0.0694. The molecule has 2 fully saturated rings. The molecule has 0 N–H and O–H groups in total. The molecule has 0 aliphatic heterocycles. The predicted octanol–water partition coefficient (Wildman–Crippen LogP) is 10.8. The molecule has 0 saturated heterocycles. The first-order valence-corrected chi connectivity index (χ1v) is 22.5. The van der Waals surface area contributed by atoms with Crippen LogP contribution in [-0.4, -0.2) is 47.0 Å². The van der Waals surface area contributed by atoms with Crippen LogP contribution in [0.4, 0.5) is 0 Å². The molecule has 0 unspecified atom stereocenters. The van der Waals surface area contributed by atoms with E-state index in [0.717, 1.165) is 51.4 Å². The Kier molecular flexibility index (Phi) is 16.6. The smallest absolute Gasteiger partial charge is 0.387 e. The highest BCUT2D eigenvalue weighted by Gasteiger charge is 2.35. The number of rotatable bonds is 24. The Balaban J connectivity index is 1.20. The molecular formula is C52H54O12. The third-order valence-corrected chi connectivity index (χ3v) is 11.3. The van der Waals surface area contributed by atoms with Gasteiger partial charge in [-0.2, -0.15) is 0 Å². The highest BCUT2D eigenvalue weighted by Crippen LogP contribution is 2.35. The first-order valence-electron chi connectivity index (χ1n) is 22.5. The van der Waals surface area contributed by atoms with E-state index < -0.39 is 35.4 Å². The van der Waals surface area contributed by atoms with E-state index in [-0.39, 0.29) is 92.3 Å². The van der Waals surface area contributed by atoms with Gasteiger partial charge in [0.1, 0.15) is 11.5 Å². The zero-order chi connectivity index (χ0) is 45.6. The fraction of sp³-hybridized carbons (Fsp3) is 0.385. The van der Waals surface area contributed by atoms with E-state index in [4.69, 9.17) is 19.2 Å². The summed E-state index contributed by atoms with van der Waals surface area (Å²) in [6.07, 6.45) is 12.6. The van der Waals surface area contributed by atoms with Crippen molar-refractivity contribution in [2.75, 3.05) is 0 Å². The second-order valence-corrected chi connectivity index (χ2v) is 16.5. The molecule has 2 saturated carbocycles. The van der Waals surface area contributed by atoms with E-state index in [1.54, 1.807) is 0 Å². The number of ketones is 4. The van der Waals surface area contributed by atoms with Crippen LogP contribution in [0.2, 0.25) is 0 Å². The number of esters is 2. The van der Waals surface area contributed by atoms with Gasteiger partial charge >= 0.3 is 23.9 Å². The van der Waals surface area contributed by atoms with Crippen molar-refractivity contribution in [3.63, 3.8) is 0 Å². The van der Waals surface area contributed by atoms with Gasteiger partial charge in [-0.1, -0.05) is 102 Å². The summed E-state index contributed by atoms with van der Waals surface area (Å²) in [6, 6.07) is 19.8. The van der Waals surface area contributed by atoms with E-state index in [0.29, 0.717) is 38.5 Å². The second kappa shape index (κ2) is 22.7. The molecule has 6 rings (SSSR count). The average molecular weight is 871 g/mol. The molecule has 334 valence electrons. The van der Waals surface area contributed by atoms with Gasteiger partial charge in [-0.15, -0.1) is 0 Å². The summed E-state index contributed by atoms with van der Waals surface area (Å²) in [4.78, 5) is 118. The zero-order valence-electron chi connectivity index (χ0n) is 36.5. The lowest BCUT2D eigenvalue weighted by atomic mass is 9.94. The molecule has 2 aliphatic rings. The zero-order valence-corrected chi connectivity index (χ0v) is 36.5. The third-order valence-electron chi connectivity index (χ3n) is 11.3. The van der Waals surface area contributed by atoms with Crippen LogP contribution in [0.25, 0.3) is 0 Å². The maximum absolute atomic E-state index is 14.3. The molecule has 0 aromatic heterocycles. The van der Waals surface area contributed by atoms with Gasteiger partial charge in [0.2, 0.25) is 0 Å². The number of carbonyl (C=O) groups excluding carboxylic acids is 8. The van der Waals surface area contributed by atoms with Crippen molar-refractivity contribution in [2.24, 2.45) is 11.8 Å². The van der Waals surface area contributed by atoms with E-state index in [9.17, 15) is 38.4 Å². The van der Waals surface area contributed by atoms with Gasteiger partial charge in [-0.3, -0.25) is 28.8 Å². The highest BCUT2D eigenvalue weighted by atomic mass is 17.2. The van der Waals surface area contributed by atoms with Gasteiger partial charge in [0.05, 0.1) is 34.1 Å². The van der Waals surface area contributed by atoms with Crippen LogP contribution in [0.5, 0.6) is 11.5 Å². The van der Waals surface area contributed by atoms with Gasteiger partial charge < -0.3 is 9.47 Å². The molecule has 4 aromatic carbocycles. The van der Waals surface area contributed by atoms with Crippen LogP contribution >= 0.6 is 0 Å². The monoisotopic (exact) mass is 870 g/mol. The molecule has 64 heavy (non-hydrogen) atoms. The molecule has 0 amide bonds. The summed E-state index contributed by atoms with van der Waals surface area (Å²) in [7, 11) is 0. The van der Waals surface area contributed by atoms with Crippen molar-refractivity contribution in [2.45, 2.75) is 117 Å². The largest absolute Gasteiger partial charge is 0.426 e. The highest BCUT2D eigenvalue weighted by molar-refractivity contribution is 6.18. The maximum atomic E-state index is 14.3. The average Bonchev–Trinajstić information content (AvgIpc) is 4.25. The van der Waals surface area contributed by atoms with Crippen molar-refractivity contribution in [3.05, 3.63) is 129 Å². The van der Waals surface area contributed by atoms with Gasteiger partial charge in [0, 0.05) is 35.1 Å². The van der Waals surface area contributed by atoms with Gasteiger partial charge in [-0.25, -0.2) is 19.4 Å². The Morgan fingerprint density at radius 3 is 1.16 bits per heavy atom. The summed E-state index contributed by atoms with van der Waals surface area (Å²) < 4.78 is 11.2. The first kappa shape index (κ1) is 46.9. The molecule has 0 atom stereocenters. The minimum atomic E-state index is -1.23. The van der Waals surface area contributed by atoms with Crippen LogP contribution in [0.15, 0.2) is 84.9 Å². The fourth-order valence-corrected chi connectivity index (χ4v) is 7.20. The van der Waals surface area contributed by atoms with Crippen LogP contribution in [-0.2, 0) is 19.4 Å². The fourth-order valence-electron chi connectivity index (χ4n) is 7.20. The summed E-state index contributed by atoms with van der Waals surface area (Å²) in [5.74, 6) is -6.06. The van der Waals surface area contributed by atoms with Crippen molar-refractivity contribution < 1.29 is 57.6 Å². The van der Waals surface area contributed by atoms with Gasteiger partial charge in [0.25, 0.3) is 0 Å². The van der Waals surface area contributed by atoms with Crippen LogP contribution in [0.1, 0.15) is 190 Å². The minimum Gasteiger partial charge on any atom is -0.426 e. The number of unbranched alkanes of at least 4 members (excludes halogenated alkanes) is 8. The Morgan fingerprint density at radius 2 is 0.797 bits per heavy atom. The van der Waals surface area contributed by atoms with Crippen molar-refractivity contribution in [1.82, 2.24) is 0 Å². The maximum Gasteiger partial charge on any atom is 0.387 e. The molecule has 2 aliphatic carbocycles. The van der Waals surface area contributed by atoms with Crippen molar-refractivity contribution in [1.29, 1.82) is 0 Å². The van der Waals surface area contributed by atoms with E-state index >= 15 is 0 Å². The van der Waals surface area contributed by atoms with E-state index in [1.165, 1.54) is 84.9 Å². The SMILES string of the molecule is CCCCCCCC(=O)c1ccc(OC(=O)C2CC2)c(C(=O)c2ccccc2C(=O)OOC(=O)c2ccccc2C(=O)c2cc(C(=O)CCCCCCC)ccc2OC(=O)C2CC2)c1. The predicted molar refractivity (Wildman–Crippen MR) is 236 cm³/mol. The summed E-state index contributed by atoms with van der Waals surface area (Å²) in [6.45, 7) is 4.21. The Morgan fingerprint density at radius 1 is 0.438 bits per heavy atom. The Labute approximate surface area is 372 Å². The second-order valence-electron chi connectivity index (χ2n) is 16.5. The van der Waals surface area contributed by atoms with Crippen LogP contribution in [0.3, 0.4) is 0 Å². The van der Waals surface area contributed by atoms with Crippen LogP contribution < -0.4 is 9.47 Å². The third kappa shape index (κ3) is 12.5. The molecule has 0 bridgehead atoms. The topological polar surface area (TPSA) is 173 Å². The lowest BCUT2D eigenvalue weighted by Crippen LogP contribution is -2.19. The summed E-state index contributed by atoms with van der Waals surface area (Å²) in [5.41, 5.74) is -0.707. The first-order chi connectivity index (χ1) is 31.0. The molecule has 4 aromatic rings. The number of benzene rings is 4. The van der Waals surface area contributed by atoms with Gasteiger partial charge in [-0.05, 0) is 87.1 Å². The normalized spacial score (nSPS) is 13.1. The lowest BCUT2D eigenvalue weighted by Gasteiger charge is -2.14. The summed E-state index contributed by atoms with van der Waals surface area (Å²) in [5, 5.41) is 0. The van der Waals surface area contributed by atoms with Crippen molar-refractivity contribution in [3.8, 4) is 11.5 Å². The number of ether oxygens (including phenoxy) is 2. The number of Topliss-reactive ketones (excluding diaryl/α,β-unsaturated/α-hetero) is 2.